The number of hydrogen-bond donors (Lipinski definition) is 1. The van der Waals surface area contributed by atoms with Gasteiger partial charge in [-0.05, 0) is 6.42 Å². The van der Waals surface area contributed by atoms with Crippen LogP contribution in [-0.4, -0.2) is 67.7 Å². The van der Waals surface area contributed by atoms with Crippen molar-refractivity contribution in [2.24, 2.45) is 12.0 Å². The Morgan fingerprint density at radius 2 is 2.00 bits per heavy atom. The summed E-state index contributed by atoms with van der Waals surface area (Å²) in [6, 6.07) is 0. The summed E-state index contributed by atoms with van der Waals surface area (Å²) in [5, 5.41) is 7.47. The van der Waals surface area contributed by atoms with Crippen LogP contribution in [0.1, 0.15) is 25.3 Å². The maximum atomic E-state index is 5.54. The highest BCUT2D eigenvalue weighted by molar-refractivity contribution is 14.0. The van der Waals surface area contributed by atoms with E-state index in [9.17, 15) is 0 Å². The Balaban J connectivity index is 0.00000529. The van der Waals surface area contributed by atoms with E-state index in [2.05, 4.69) is 27.2 Å². The predicted octanol–water partition coefficient (Wildman–Crippen LogP) is 1.88. The molecule has 140 valence electrons. The van der Waals surface area contributed by atoms with Crippen LogP contribution in [-0.2, 0) is 23.1 Å². The Morgan fingerprint density at radius 3 is 2.58 bits per heavy atom. The van der Waals surface area contributed by atoms with Gasteiger partial charge in [0.25, 0.3) is 0 Å². The molecule has 0 atom stereocenters. The number of ether oxygens (including phenoxy) is 2. The van der Waals surface area contributed by atoms with Gasteiger partial charge in [-0.2, -0.15) is 5.10 Å². The number of halogens is 1. The van der Waals surface area contributed by atoms with Crippen LogP contribution < -0.4 is 5.32 Å². The molecule has 0 bridgehead atoms. The number of nitrogens with zero attached hydrogens (tertiary/aromatic N) is 4. The molecule has 1 aromatic rings. The number of hydrogen-bond acceptors (Lipinski definition) is 4. The summed E-state index contributed by atoms with van der Waals surface area (Å²) in [4.78, 5) is 6.34. The van der Waals surface area contributed by atoms with Crippen molar-refractivity contribution in [3.63, 3.8) is 0 Å². The van der Waals surface area contributed by atoms with Gasteiger partial charge in [-0.25, -0.2) is 0 Å². The highest BCUT2D eigenvalue weighted by Crippen LogP contribution is 2.01. The smallest absolute Gasteiger partial charge is 0.193 e. The molecule has 1 aromatic heterocycles. The highest BCUT2D eigenvalue weighted by Gasteiger charge is 2.07. The molecule has 1 rings (SSSR count). The summed E-state index contributed by atoms with van der Waals surface area (Å²) in [7, 11) is 5.70. The Kier molecular flexibility index (Phi) is 13.9. The quantitative estimate of drug-likeness (QED) is 0.240. The molecule has 0 aliphatic heterocycles. The fraction of sp³-hybridized carbons (Fsp3) is 0.750. The third-order valence-corrected chi connectivity index (χ3v) is 3.30. The molecule has 0 saturated carbocycles. The van der Waals surface area contributed by atoms with E-state index in [1.54, 1.807) is 11.7 Å². The minimum Gasteiger partial charge on any atom is -0.379 e. The number of nitrogens with one attached hydrogen (secondary N) is 1. The molecule has 0 aliphatic rings. The van der Waals surface area contributed by atoms with Crippen molar-refractivity contribution < 1.29 is 9.47 Å². The van der Waals surface area contributed by atoms with Crippen LogP contribution >= 0.6 is 24.0 Å². The van der Waals surface area contributed by atoms with Crippen molar-refractivity contribution in [2.45, 2.75) is 26.3 Å². The number of aryl methyl sites for hydroxylation is 1. The van der Waals surface area contributed by atoms with E-state index in [4.69, 9.17) is 9.47 Å². The fourth-order valence-electron chi connectivity index (χ4n) is 2.09. The molecule has 7 nitrogen and oxygen atoms in total. The summed E-state index contributed by atoms with van der Waals surface area (Å²) >= 11 is 0. The number of guanidine groups is 1. The molecule has 0 aromatic carbocycles. The summed E-state index contributed by atoms with van der Waals surface area (Å²) in [5.41, 5.74) is 1.15. The number of rotatable bonds is 11. The fourth-order valence-corrected chi connectivity index (χ4v) is 2.09. The lowest BCUT2D eigenvalue weighted by Gasteiger charge is -2.21. The van der Waals surface area contributed by atoms with Gasteiger partial charge in [0.05, 0.1) is 26.0 Å². The van der Waals surface area contributed by atoms with Crippen LogP contribution in [0.4, 0.5) is 0 Å². The second-order valence-electron chi connectivity index (χ2n) is 5.43. The minimum atomic E-state index is 0. The SMILES string of the molecule is CCCCOCCOCCNC(=NC)N(C)Cc1cnn(C)c1.I. The van der Waals surface area contributed by atoms with Crippen LogP contribution in [0.5, 0.6) is 0 Å². The van der Waals surface area contributed by atoms with E-state index < -0.39 is 0 Å². The van der Waals surface area contributed by atoms with Gasteiger partial charge in [0.2, 0.25) is 0 Å². The van der Waals surface area contributed by atoms with E-state index in [1.165, 1.54) is 0 Å². The third kappa shape index (κ3) is 10.1. The van der Waals surface area contributed by atoms with Crippen molar-refractivity contribution in [3.8, 4) is 0 Å². The Bertz CT molecular complexity index is 453. The molecule has 0 radical (unpaired) electrons. The lowest BCUT2D eigenvalue weighted by atomic mass is 10.3. The Morgan fingerprint density at radius 1 is 1.29 bits per heavy atom. The van der Waals surface area contributed by atoms with E-state index in [1.807, 2.05) is 26.5 Å². The van der Waals surface area contributed by atoms with Crippen LogP contribution in [0.2, 0.25) is 0 Å². The molecular weight excluding hydrogens is 421 g/mol. The lowest BCUT2D eigenvalue weighted by Crippen LogP contribution is -2.40. The topological polar surface area (TPSA) is 63.9 Å². The summed E-state index contributed by atoms with van der Waals surface area (Å²) in [5.74, 6) is 0.844. The first-order valence-corrected chi connectivity index (χ1v) is 8.22. The van der Waals surface area contributed by atoms with Crippen LogP contribution in [0, 0.1) is 0 Å². The van der Waals surface area contributed by atoms with Gasteiger partial charge in [0, 0.05) is 52.6 Å². The molecule has 1 N–H and O–H groups in total. The van der Waals surface area contributed by atoms with E-state index in [0.717, 1.165) is 44.1 Å². The van der Waals surface area contributed by atoms with Crippen molar-refractivity contribution in [1.29, 1.82) is 0 Å². The Hall–Kier alpha value is -0.870. The average Bonchev–Trinajstić information content (AvgIpc) is 2.94. The zero-order chi connectivity index (χ0) is 16.9. The number of aromatic nitrogens is 2. The maximum absolute atomic E-state index is 5.54. The minimum absolute atomic E-state index is 0. The highest BCUT2D eigenvalue weighted by atomic mass is 127. The molecule has 0 unspecified atom stereocenters. The largest absolute Gasteiger partial charge is 0.379 e. The third-order valence-electron chi connectivity index (χ3n) is 3.30. The van der Waals surface area contributed by atoms with Gasteiger partial charge >= 0.3 is 0 Å². The predicted molar refractivity (Wildman–Crippen MR) is 108 cm³/mol. The van der Waals surface area contributed by atoms with E-state index in [-0.39, 0.29) is 24.0 Å². The second-order valence-corrected chi connectivity index (χ2v) is 5.43. The number of unbranched alkanes of at least 4 members (excludes halogenated alkanes) is 1. The van der Waals surface area contributed by atoms with Crippen LogP contribution in [0.3, 0.4) is 0 Å². The zero-order valence-corrected chi connectivity index (χ0v) is 17.7. The first kappa shape index (κ1) is 23.1. The average molecular weight is 453 g/mol. The second kappa shape index (κ2) is 14.5. The molecule has 24 heavy (non-hydrogen) atoms. The van der Waals surface area contributed by atoms with Gasteiger partial charge in [0.1, 0.15) is 0 Å². The zero-order valence-electron chi connectivity index (χ0n) is 15.3. The van der Waals surface area contributed by atoms with Crippen LogP contribution in [0.25, 0.3) is 0 Å². The maximum Gasteiger partial charge on any atom is 0.193 e. The van der Waals surface area contributed by atoms with Gasteiger partial charge < -0.3 is 19.7 Å². The van der Waals surface area contributed by atoms with E-state index >= 15 is 0 Å². The summed E-state index contributed by atoms with van der Waals surface area (Å²) in [6.07, 6.45) is 6.15. The standard InChI is InChI=1S/C16H31N5O2.HI/c1-5-6-8-22-10-11-23-9-7-18-16(17-2)20(3)13-15-12-19-21(4)14-15;/h12,14H,5-11,13H2,1-4H3,(H,17,18);1H. The van der Waals surface area contributed by atoms with Crippen LogP contribution in [0.15, 0.2) is 17.4 Å². The van der Waals surface area contributed by atoms with Gasteiger partial charge in [0.15, 0.2) is 5.96 Å². The van der Waals surface area contributed by atoms with Crippen molar-refractivity contribution >= 4 is 29.9 Å². The molecule has 1 heterocycles. The van der Waals surface area contributed by atoms with Crippen molar-refractivity contribution in [2.75, 3.05) is 47.1 Å². The van der Waals surface area contributed by atoms with Crippen molar-refractivity contribution in [3.05, 3.63) is 18.0 Å². The molecule has 0 spiro atoms. The first-order chi connectivity index (χ1) is 11.2. The molecule has 0 saturated heterocycles. The number of aliphatic imine (C=N–C) groups is 1. The molecule has 0 fully saturated rings. The first-order valence-electron chi connectivity index (χ1n) is 8.22. The summed E-state index contributed by atoms with van der Waals surface area (Å²) < 4.78 is 12.8. The molecule has 0 amide bonds. The van der Waals surface area contributed by atoms with Gasteiger partial charge in [-0.15, -0.1) is 24.0 Å². The van der Waals surface area contributed by atoms with Gasteiger partial charge in [-0.3, -0.25) is 9.67 Å². The molecule has 8 heteroatoms. The van der Waals surface area contributed by atoms with E-state index in [0.29, 0.717) is 19.8 Å². The van der Waals surface area contributed by atoms with Gasteiger partial charge in [-0.1, -0.05) is 13.3 Å². The Labute approximate surface area is 162 Å². The lowest BCUT2D eigenvalue weighted by molar-refractivity contribution is 0.0486. The normalized spacial score (nSPS) is 11.2. The summed E-state index contributed by atoms with van der Waals surface area (Å²) in [6.45, 7) is 6.40. The van der Waals surface area contributed by atoms with Crippen molar-refractivity contribution in [1.82, 2.24) is 20.0 Å². The monoisotopic (exact) mass is 453 g/mol. The molecular formula is C16H32IN5O2. The molecule has 0 aliphatic carbocycles.